The van der Waals surface area contributed by atoms with Crippen LogP contribution in [0, 0.1) is 5.41 Å². The van der Waals surface area contributed by atoms with Gasteiger partial charge in [0.1, 0.15) is 5.76 Å². The molecule has 2 nitrogen and oxygen atoms in total. The average molecular weight is 201 g/mol. The van der Waals surface area contributed by atoms with E-state index < -0.39 is 0 Å². The molecule has 1 aromatic rings. The van der Waals surface area contributed by atoms with Gasteiger partial charge < -0.3 is 5.11 Å². The van der Waals surface area contributed by atoms with E-state index >= 15 is 0 Å². The Kier molecular flexibility index (Phi) is 1.84. The van der Waals surface area contributed by atoms with Crippen LogP contribution >= 0.6 is 0 Å². The van der Waals surface area contributed by atoms with Gasteiger partial charge in [0, 0.05) is 17.8 Å². The molecule has 0 bridgehead atoms. The van der Waals surface area contributed by atoms with Crippen LogP contribution in [0.2, 0.25) is 0 Å². The van der Waals surface area contributed by atoms with Crippen molar-refractivity contribution in [1.82, 2.24) is 4.98 Å². The Labute approximate surface area is 89.0 Å². The summed E-state index contributed by atoms with van der Waals surface area (Å²) in [6.45, 7) is 0. The number of fused-ring (bicyclic) bond motifs is 1. The monoisotopic (exact) mass is 201 g/mol. The Morgan fingerprint density at radius 2 is 2.07 bits per heavy atom. The topological polar surface area (TPSA) is 33.1 Å². The summed E-state index contributed by atoms with van der Waals surface area (Å²) in [6, 6.07) is 3.84. The van der Waals surface area contributed by atoms with E-state index in [1.54, 1.807) is 6.20 Å². The number of pyridine rings is 1. The highest BCUT2D eigenvalue weighted by Gasteiger charge is 2.34. The molecule has 15 heavy (non-hydrogen) atoms. The number of aliphatic hydroxyl groups excluding tert-OH is 1. The second-order valence-electron chi connectivity index (χ2n) is 4.77. The minimum absolute atomic E-state index is 0.214. The van der Waals surface area contributed by atoms with Gasteiger partial charge in [-0.05, 0) is 30.4 Å². The van der Waals surface area contributed by atoms with Gasteiger partial charge in [-0.2, -0.15) is 0 Å². The lowest BCUT2D eigenvalue weighted by Gasteiger charge is -2.26. The van der Waals surface area contributed by atoms with E-state index in [1.165, 1.54) is 25.7 Å². The maximum absolute atomic E-state index is 10.0. The maximum Gasteiger partial charge on any atom is 0.102 e. The summed E-state index contributed by atoms with van der Waals surface area (Å²) in [6.07, 6.45) is 9.87. The number of hydrogen-bond acceptors (Lipinski definition) is 2. The van der Waals surface area contributed by atoms with Crippen molar-refractivity contribution in [2.24, 2.45) is 5.41 Å². The van der Waals surface area contributed by atoms with Crippen molar-refractivity contribution < 1.29 is 5.11 Å². The normalized spacial score (nSPS) is 22.5. The van der Waals surface area contributed by atoms with Crippen molar-refractivity contribution in [3.8, 4) is 0 Å². The van der Waals surface area contributed by atoms with E-state index in [2.05, 4.69) is 11.1 Å². The summed E-state index contributed by atoms with van der Waals surface area (Å²) in [7, 11) is 0. The second kappa shape index (κ2) is 3.09. The highest BCUT2D eigenvalue weighted by molar-refractivity contribution is 5.48. The van der Waals surface area contributed by atoms with Crippen molar-refractivity contribution >= 4 is 11.8 Å². The van der Waals surface area contributed by atoms with E-state index in [9.17, 15) is 5.11 Å². The first-order chi connectivity index (χ1) is 7.29. The van der Waals surface area contributed by atoms with Crippen molar-refractivity contribution in [2.45, 2.75) is 32.1 Å². The molecule has 2 aliphatic carbocycles. The average Bonchev–Trinajstić information content (AvgIpc) is 2.66. The molecule has 1 aromatic heterocycles. The predicted octanol–water partition coefficient (Wildman–Crippen LogP) is 1.49. The van der Waals surface area contributed by atoms with Crippen molar-refractivity contribution in [1.29, 1.82) is 0 Å². The number of rotatable bonds is 0. The Bertz CT molecular complexity index is 498. The van der Waals surface area contributed by atoms with Crippen molar-refractivity contribution in [2.75, 3.05) is 0 Å². The Morgan fingerprint density at radius 1 is 1.27 bits per heavy atom. The van der Waals surface area contributed by atoms with E-state index in [-0.39, 0.29) is 5.41 Å². The highest BCUT2D eigenvalue weighted by Crippen LogP contribution is 2.44. The van der Waals surface area contributed by atoms with Gasteiger partial charge in [0.05, 0.1) is 5.35 Å². The van der Waals surface area contributed by atoms with Crippen LogP contribution in [-0.2, 0) is 0 Å². The Balaban J connectivity index is 2.23. The second-order valence-corrected chi connectivity index (χ2v) is 4.77. The van der Waals surface area contributed by atoms with Crippen LogP contribution in [0.1, 0.15) is 32.1 Å². The molecule has 3 rings (SSSR count). The van der Waals surface area contributed by atoms with Gasteiger partial charge in [-0.1, -0.05) is 18.9 Å². The lowest BCUT2D eigenvalue weighted by molar-refractivity contribution is 0.368. The lowest BCUT2D eigenvalue weighted by Crippen LogP contribution is -2.37. The van der Waals surface area contributed by atoms with Gasteiger partial charge in [0.15, 0.2) is 0 Å². The fourth-order valence-electron chi connectivity index (χ4n) is 2.95. The summed E-state index contributed by atoms with van der Waals surface area (Å²) >= 11 is 0. The molecule has 2 heteroatoms. The summed E-state index contributed by atoms with van der Waals surface area (Å²) in [5.41, 5.74) is 0.214. The van der Waals surface area contributed by atoms with Crippen molar-refractivity contribution in [3.63, 3.8) is 0 Å². The first-order valence-corrected chi connectivity index (χ1v) is 5.65. The van der Waals surface area contributed by atoms with Gasteiger partial charge in [-0.3, -0.25) is 4.98 Å². The minimum atomic E-state index is 0.214. The number of aromatic nitrogens is 1. The molecule has 1 heterocycles. The molecular formula is C13H15NO. The standard InChI is InChI=1S/C13H15NO/c15-12-9-13(5-1-2-6-13)8-11-10(12)4-3-7-14-11/h3-4,7-8,15H,1-2,5-6,9H2. The molecule has 0 radical (unpaired) electrons. The van der Waals surface area contributed by atoms with Crippen LogP contribution in [0.15, 0.2) is 18.3 Å². The van der Waals surface area contributed by atoms with Crippen LogP contribution in [-0.4, -0.2) is 10.1 Å². The first-order valence-electron chi connectivity index (χ1n) is 5.65. The summed E-state index contributed by atoms with van der Waals surface area (Å²) in [4.78, 5) is 4.35. The van der Waals surface area contributed by atoms with Gasteiger partial charge in [-0.25, -0.2) is 0 Å². The quantitative estimate of drug-likeness (QED) is 0.690. The molecular weight excluding hydrogens is 186 g/mol. The third-order valence-electron chi connectivity index (χ3n) is 3.71. The van der Waals surface area contributed by atoms with E-state index in [4.69, 9.17) is 0 Å². The third kappa shape index (κ3) is 1.36. The first kappa shape index (κ1) is 8.96. The molecule has 1 fully saturated rings. The third-order valence-corrected chi connectivity index (χ3v) is 3.71. The van der Waals surface area contributed by atoms with Crippen LogP contribution in [0.3, 0.4) is 0 Å². The molecule has 1 spiro atoms. The summed E-state index contributed by atoms with van der Waals surface area (Å²) in [5.74, 6) is 0.530. The summed E-state index contributed by atoms with van der Waals surface area (Å²) < 4.78 is 0. The van der Waals surface area contributed by atoms with Crippen LogP contribution in [0.4, 0.5) is 0 Å². The number of hydrogen-bond donors (Lipinski definition) is 1. The van der Waals surface area contributed by atoms with Crippen molar-refractivity contribution in [3.05, 3.63) is 28.9 Å². The number of aliphatic hydroxyl groups is 1. The zero-order valence-corrected chi connectivity index (χ0v) is 8.74. The fraction of sp³-hybridized carbons (Fsp3) is 0.462. The Hall–Kier alpha value is -1.31. The van der Waals surface area contributed by atoms with E-state index in [0.717, 1.165) is 17.0 Å². The van der Waals surface area contributed by atoms with Crippen LogP contribution < -0.4 is 10.6 Å². The molecule has 2 aliphatic rings. The highest BCUT2D eigenvalue weighted by atomic mass is 16.3. The van der Waals surface area contributed by atoms with Gasteiger partial charge >= 0.3 is 0 Å². The van der Waals surface area contributed by atoms with E-state index in [0.29, 0.717) is 5.76 Å². The largest absolute Gasteiger partial charge is 0.512 e. The zero-order chi connectivity index (χ0) is 10.3. The van der Waals surface area contributed by atoms with Gasteiger partial charge in [0.2, 0.25) is 0 Å². The van der Waals surface area contributed by atoms with Gasteiger partial charge in [0.25, 0.3) is 0 Å². The molecule has 1 saturated carbocycles. The molecule has 1 N–H and O–H groups in total. The Morgan fingerprint density at radius 3 is 2.87 bits per heavy atom. The molecule has 0 atom stereocenters. The number of nitrogens with zero attached hydrogens (tertiary/aromatic N) is 1. The fourth-order valence-corrected chi connectivity index (χ4v) is 2.95. The molecule has 0 amide bonds. The summed E-state index contributed by atoms with van der Waals surface area (Å²) in [5, 5.41) is 11.9. The minimum Gasteiger partial charge on any atom is -0.512 e. The maximum atomic E-state index is 10.0. The molecule has 78 valence electrons. The smallest absolute Gasteiger partial charge is 0.102 e. The molecule has 0 aliphatic heterocycles. The zero-order valence-electron chi connectivity index (χ0n) is 8.74. The predicted molar refractivity (Wildman–Crippen MR) is 59.5 cm³/mol. The van der Waals surface area contributed by atoms with Gasteiger partial charge in [-0.15, -0.1) is 0 Å². The van der Waals surface area contributed by atoms with E-state index in [1.807, 2.05) is 12.1 Å². The molecule has 0 aromatic carbocycles. The van der Waals surface area contributed by atoms with Crippen LogP contribution in [0.25, 0.3) is 11.8 Å². The SMILES string of the molecule is OC1=c2cccnc2=CC2(CCCC2)C1. The van der Waals surface area contributed by atoms with Crippen LogP contribution in [0.5, 0.6) is 0 Å². The molecule has 0 saturated heterocycles. The lowest BCUT2D eigenvalue weighted by atomic mass is 9.79. The molecule has 0 unspecified atom stereocenters.